The van der Waals surface area contributed by atoms with E-state index in [1.807, 2.05) is 11.3 Å². The molecular weight excluding hydrogens is 613 g/mol. The van der Waals surface area contributed by atoms with Gasteiger partial charge in [-0.3, -0.25) is 0 Å². The first-order valence-electron chi connectivity index (χ1n) is 16.6. The zero-order valence-electron chi connectivity index (χ0n) is 26.5. The van der Waals surface area contributed by atoms with Gasteiger partial charge in [0, 0.05) is 36.9 Å². The summed E-state index contributed by atoms with van der Waals surface area (Å²) in [6.45, 7) is 0. The van der Waals surface area contributed by atoms with Crippen molar-refractivity contribution in [1.29, 1.82) is 0 Å². The number of nitrogens with zero attached hydrogens (tertiary/aromatic N) is 2. The van der Waals surface area contributed by atoms with Crippen molar-refractivity contribution in [3.63, 3.8) is 0 Å². The second kappa shape index (κ2) is 11.2. The molecule has 10 aromatic rings. The highest BCUT2D eigenvalue weighted by Gasteiger charge is 2.19. The molecule has 228 valence electrons. The largest absolute Gasteiger partial charge is 0.228 e. The van der Waals surface area contributed by atoms with Gasteiger partial charge >= 0.3 is 0 Å². The van der Waals surface area contributed by atoms with Gasteiger partial charge in [-0.05, 0) is 61.6 Å². The van der Waals surface area contributed by atoms with Crippen molar-refractivity contribution in [1.82, 2.24) is 9.97 Å². The Hall–Kier alpha value is -6.16. The summed E-state index contributed by atoms with van der Waals surface area (Å²) < 4.78 is 2.52. The first-order chi connectivity index (χ1) is 24.3. The molecule has 0 radical (unpaired) electrons. The van der Waals surface area contributed by atoms with E-state index in [4.69, 9.17) is 9.97 Å². The monoisotopic (exact) mass is 640 g/mol. The Morgan fingerprint density at radius 1 is 0.367 bits per heavy atom. The molecule has 3 heteroatoms. The van der Waals surface area contributed by atoms with Crippen molar-refractivity contribution in [2.24, 2.45) is 0 Å². The minimum atomic E-state index is 0.731. The molecule has 0 aliphatic heterocycles. The van der Waals surface area contributed by atoms with Gasteiger partial charge in [0.05, 0.1) is 11.4 Å². The van der Waals surface area contributed by atoms with Gasteiger partial charge in [-0.25, -0.2) is 9.97 Å². The Kier molecular flexibility index (Phi) is 6.39. The van der Waals surface area contributed by atoms with E-state index in [0.29, 0.717) is 0 Å². The molecule has 0 bridgehead atoms. The lowest BCUT2D eigenvalue weighted by Gasteiger charge is -2.15. The lowest BCUT2D eigenvalue weighted by atomic mass is 9.92. The van der Waals surface area contributed by atoms with Crippen LogP contribution in [-0.4, -0.2) is 9.97 Å². The van der Waals surface area contributed by atoms with Crippen LogP contribution in [0.1, 0.15) is 0 Å². The second-order valence-corrected chi connectivity index (χ2v) is 13.6. The van der Waals surface area contributed by atoms with Gasteiger partial charge in [-0.15, -0.1) is 11.3 Å². The maximum atomic E-state index is 5.46. The van der Waals surface area contributed by atoms with E-state index >= 15 is 0 Å². The van der Waals surface area contributed by atoms with Crippen molar-refractivity contribution < 1.29 is 0 Å². The third-order valence-electron chi connectivity index (χ3n) is 9.69. The first kappa shape index (κ1) is 27.9. The van der Waals surface area contributed by atoms with Crippen LogP contribution in [0.15, 0.2) is 170 Å². The van der Waals surface area contributed by atoms with E-state index in [-0.39, 0.29) is 0 Å². The molecule has 2 nitrogen and oxygen atoms in total. The van der Waals surface area contributed by atoms with Crippen LogP contribution in [0.3, 0.4) is 0 Å². The molecule has 2 heterocycles. The molecule has 0 fully saturated rings. The van der Waals surface area contributed by atoms with E-state index in [1.165, 1.54) is 52.8 Å². The number of benzene rings is 8. The standard InChI is InChI=1S/C46H28N2S/c1-2-11-29(12-3-1)30-21-23-32(24-22-30)41-28-42(39-19-10-18-38-36-17-8-9-20-43(36)49-45(38)39)48-46(47-41)44-35-16-7-5-14-33(35)27-40-34-15-6-4-13-31(34)25-26-37(40)44/h1-28H. The fourth-order valence-corrected chi connectivity index (χ4v) is 8.54. The number of hydrogen-bond acceptors (Lipinski definition) is 3. The average molecular weight is 641 g/mol. The van der Waals surface area contributed by atoms with Gasteiger partial charge in [0.2, 0.25) is 0 Å². The van der Waals surface area contributed by atoms with E-state index in [9.17, 15) is 0 Å². The minimum Gasteiger partial charge on any atom is -0.228 e. The van der Waals surface area contributed by atoms with Gasteiger partial charge in [0.15, 0.2) is 5.82 Å². The third-order valence-corrected chi connectivity index (χ3v) is 10.9. The van der Waals surface area contributed by atoms with E-state index in [1.54, 1.807) is 0 Å². The fourth-order valence-electron chi connectivity index (χ4n) is 7.32. The normalized spacial score (nSPS) is 11.7. The van der Waals surface area contributed by atoms with Crippen LogP contribution in [0.2, 0.25) is 0 Å². The molecule has 0 atom stereocenters. The number of hydrogen-bond donors (Lipinski definition) is 0. The molecule has 0 saturated carbocycles. The van der Waals surface area contributed by atoms with Crippen molar-refractivity contribution in [2.75, 3.05) is 0 Å². The van der Waals surface area contributed by atoms with Crippen LogP contribution in [0.5, 0.6) is 0 Å². The molecular formula is C46H28N2S. The molecule has 0 saturated heterocycles. The van der Waals surface area contributed by atoms with E-state index in [2.05, 4.69) is 170 Å². The summed E-state index contributed by atoms with van der Waals surface area (Å²) >= 11 is 1.83. The van der Waals surface area contributed by atoms with Crippen molar-refractivity contribution in [3.8, 4) is 45.0 Å². The van der Waals surface area contributed by atoms with Gasteiger partial charge in [0.25, 0.3) is 0 Å². The average Bonchev–Trinajstić information content (AvgIpc) is 3.56. The van der Waals surface area contributed by atoms with Crippen molar-refractivity contribution in [2.45, 2.75) is 0 Å². The zero-order valence-corrected chi connectivity index (χ0v) is 27.3. The minimum absolute atomic E-state index is 0.731. The lowest BCUT2D eigenvalue weighted by molar-refractivity contribution is 1.19. The molecule has 49 heavy (non-hydrogen) atoms. The van der Waals surface area contributed by atoms with E-state index < -0.39 is 0 Å². The Balaban J connectivity index is 1.27. The summed E-state index contributed by atoms with van der Waals surface area (Å²) in [7, 11) is 0. The molecule has 10 rings (SSSR count). The topological polar surface area (TPSA) is 25.8 Å². The Labute approximate surface area is 287 Å². The molecule has 0 N–H and O–H groups in total. The fraction of sp³-hybridized carbons (Fsp3) is 0. The smallest absolute Gasteiger partial charge is 0.161 e. The molecule has 0 aliphatic carbocycles. The van der Waals surface area contributed by atoms with Crippen LogP contribution >= 0.6 is 11.3 Å². The van der Waals surface area contributed by atoms with E-state index in [0.717, 1.165) is 44.7 Å². The molecule has 0 unspecified atom stereocenters. The van der Waals surface area contributed by atoms with Gasteiger partial charge in [-0.1, -0.05) is 152 Å². The van der Waals surface area contributed by atoms with Crippen molar-refractivity contribution in [3.05, 3.63) is 170 Å². The highest BCUT2D eigenvalue weighted by Crippen LogP contribution is 2.43. The summed E-state index contributed by atoms with van der Waals surface area (Å²) in [6, 6.07) is 60.8. The summed E-state index contributed by atoms with van der Waals surface area (Å²) in [4.78, 5) is 10.9. The summed E-state index contributed by atoms with van der Waals surface area (Å²) in [6.07, 6.45) is 0. The van der Waals surface area contributed by atoms with Crippen LogP contribution in [0.25, 0.3) is 97.5 Å². The molecule has 0 amide bonds. The van der Waals surface area contributed by atoms with Crippen molar-refractivity contribution >= 4 is 63.8 Å². The summed E-state index contributed by atoms with van der Waals surface area (Å²) in [5.41, 5.74) is 7.45. The third kappa shape index (κ3) is 4.62. The number of thiophene rings is 1. The van der Waals surface area contributed by atoms with Crippen LogP contribution < -0.4 is 0 Å². The van der Waals surface area contributed by atoms with Crippen LogP contribution in [0, 0.1) is 0 Å². The summed E-state index contributed by atoms with van der Waals surface area (Å²) in [5.74, 6) is 0.731. The quantitative estimate of drug-likeness (QED) is 0.141. The maximum Gasteiger partial charge on any atom is 0.161 e. The number of rotatable bonds is 4. The Morgan fingerprint density at radius 2 is 1.02 bits per heavy atom. The Bertz CT molecular complexity index is 2870. The highest BCUT2D eigenvalue weighted by molar-refractivity contribution is 7.26. The zero-order chi connectivity index (χ0) is 32.3. The molecule has 8 aromatic carbocycles. The first-order valence-corrected chi connectivity index (χ1v) is 17.4. The SMILES string of the molecule is c1ccc(-c2ccc(-c3cc(-c4cccc5c4sc4ccccc45)nc(-c4c5ccccc5cc5c4ccc4ccccc45)n3)cc2)cc1. The van der Waals surface area contributed by atoms with Crippen LogP contribution in [-0.2, 0) is 0 Å². The Morgan fingerprint density at radius 3 is 1.88 bits per heavy atom. The number of aromatic nitrogens is 2. The molecule has 0 aliphatic rings. The van der Waals surface area contributed by atoms with Gasteiger partial charge < -0.3 is 0 Å². The number of fused-ring (bicyclic) bond motifs is 7. The molecule has 0 spiro atoms. The second-order valence-electron chi connectivity index (χ2n) is 12.5. The van der Waals surface area contributed by atoms with Gasteiger partial charge in [-0.2, -0.15) is 0 Å². The molecule has 2 aromatic heterocycles. The lowest BCUT2D eigenvalue weighted by Crippen LogP contribution is -1.98. The highest BCUT2D eigenvalue weighted by atomic mass is 32.1. The van der Waals surface area contributed by atoms with Gasteiger partial charge in [0.1, 0.15) is 0 Å². The maximum absolute atomic E-state index is 5.46. The predicted molar refractivity (Wildman–Crippen MR) is 209 cm³/mol. The summed E-state index contributed by atoms with van der Waals surface area (Å²) in [5, 5.41) is 9.68. The predicted octanol–water partition coefficient (Wildman–Crippen LogP) is 13.0. The van der Waals surface area contributed by atoms with Crippen LogP contribution in [0.4, 0.5) is 0 Å².